The van der Waals surface area contributed by atoms with Crippen LogP contribution in [0.4, 0.5) is 0 Å². The molecule has 112 valence electrons. The molecule has 0 radical (unpaired) electrons. The molecule has 1 N–H and O–H groups in total. The van der Waals surface area contributed by atoms with Crippen LogP contribution in [0.15, 0.2) is 18.2 Å². The number of aromatic carboxylic acids is 1. The topological polar surface area (TPSA) is 58.4 Å². The van der Waals surface area contributed by atoms with Gasteiger partial charge in [0.25, 0.3) is 0 Å². The first-order valence-electron chi connectivity index (χ1n) is 7.55. The zero-order valence-electron chi connectivity index (χ0n) is 12.5. The molecule has 0 amide bonds. The van der Waals surface area contributed by atoms with Gasteiger partial charge in [-0.3, -0.25) is 0 Å². The van der Waals surface area contributed by atoms with Crippen LogP contribution >= 0.6 is 0 Å². The molecular formula is C16H21N3O2. The van der Waals surface area contributed by atoms with Crippen LogP contribution in [0.5, 0.6) is 0 Å². The Morgan fingerprint density at radius 2 is 2.29 bits per heavy atom. The zero-order valence-corrected chi connectivity index (χ0v) is 12.5. The molecule has 0 spiro atoms. The van der Waals surface area contributed by atoms with Gasteiger partial charge < -0.3 is 14.6 Å². The molecule has 1 atom stereocenters. The number of nitrogens with zero attached hydrogens (tertiary/aromatic N) is 3. The van der Waals surface area contributed by atoms with Gasteiger partial charge in [-0.1, -0.05) is 13.0 Å². The van der Waals surface area contributed by atoms with Crippen LogP contribution in [-0.4, -0.2) is 45.2 Å². The number of fused-ring (bicyclic) bond motifs is 1. The summed E-state index contributed by atoms with van der Waals surface area (Å²) in [5.41, 5.74) is 1.84. The molecule has 0 bridgehead atoms. The first kappa shape index (κ1) is 14.1. The lowest BCUT2D eigenvalue weighted by atomic mass is 10.0. The van der Waals surface area contributed by atoms with Crippen LogP contribution in [0.25, 0.3) is 11.0 Å². The van der Waals surface area contributed by atoms with E-state index in [0.717, 1.165) is 37.4 Å². The van der Waals surface area contributed by atoms with Crippen molar-refractivity contribution in [3.05, 3.63) is 29.6 Å². The lowest BCUT2D eigenvalue weighted by molar-refractivity contribution is 0.0699. The normalized spacial score (nSPS) is 20.0. The molecule has 3 rings (SSSR count). The quantitative estimate of drug-likeness (QED) is 0.943. The second-order valence-electron chi connectivity index (χ2n) is 5.70. The minimum Gasteiger partial charge on any atom is -0.478 e. The smallest absolute Gasteiger partial charge is 0.337 e. The van der Waals surface area contributed by atoms with Gasteiger partial charge in [-0.05, 0) is 45.0 Å². The predicted molar refractivity (Wildman–Crippen MR) is 81.8 cm³/mol. The van der Waals surface area contributed by atoms with E-state index in [1.54, 1.807) is 6.07 Å². The number of likely N-dealkylation sites (tertiary alicyclic amines) is 1. The molecule has 1 aromatic carbocycles. The number of carboxylic acids is 1. The van der Waals surface area contributed by atoms with Crippen LogP contribution in [-0.2, 0) is 0 Å². The Labute approximate surface area is 124 Å². The third-order valence-corrected chi connectivity index (χ3v) is 4.42. The van der Waals surface area contributed by atoms with Crippen LogP contribution in [0, 0.1) is 6.92 Å². The van der Waals surface area contributed by atoms with E-state index < -0.39 is 5.97 Å². The van der Waals surface area contributed by atoms with Crippen molar-refractivity contribution >= 4 is 17.0 Å². The van der Waals surface area contributed by atoms with Crippen molar-refractivity contribution in [2.75, 3.05) is 19.6 Å². The molecule has 5 nitrogen and oxygen atoms in total. The van der Waals surface area contributed by atoms with Gasteiger partial charge >= 0.3 is 5.97 Å². The van der Waals surface area contributed by atoms with Gasteiger partial charge in [-0.15, -0.1) is 0 Å². The van der Waals surface area contributed by atoms with E-state index in [4.69, 9.17) is 0 Å². The average Bonchev–Trinajstić information content (AvgIpc) is 2.82. The fourth-order valence-corrected chi connectivity index (χ4v) is 3.40. The first-order valence-corrected chi connectivity index (χ1v) is 7.55. The Hall–Kier alpha value is -1.88. The molecule has 1 aliphatic heterocycles. The maximum absolute atomic E-state index is 11.4. The van der Waals surface area contributed by atoms with Crippen molar-refractivity contribution in [3.8, 4) is 0 Å². The fourth-order valence-electron chi connectivity index (χ4n) is 3.40. The molecule has 1 fully saturated rings. The van der Waals surface area contributed by atoms with Gasteiger partial charge in [0, 0.05) is 12.6 Å². The summed E-state index contributed by atoms with van der Waals surface area (Å²) in [4.78, 5) is 18.3. The number of carboxylic acid groups (broad SMARTS) is 1. The molecule has 2 aromatic rings. The molecule has 0 aliphatic carbocycles. The molecule has 1 aliphatic rings. The van der Waals surface area contributed by atoms with Gasteiger partial charge in [0.15, 0.2) is 0 Å². The molecule has 2 heterocycles. The van der Waals surface area contributed by atoms with Crippen molar-refractivity contribution in [1.82, 2.24) is 14.5 Å². The van der Waals surface area contributed by atoms with Gasteiger partial charge in [0.05, 0.1) is 11.1 Å². The lowest BCUT2D eigenvalue weighted by Gasteiger charge is -2.33. The van der Waals surface area contributed by atoms with Gasteiger partial charge in [0.1, 0.15) is 11.3 Å². The minimum absolute atomic E-state index is 0.289. The number of hydrogen-bond donors (Lipinski definition) is 1. The number of benzene rings is 1. The molecule has 5 heteroatoms. The van der Waals surface area contributed by atoms with Crippen molar-refractivity contribution in [2.24, 2.45) is 0 Å². The highest BCUT2D eigenvalue weighted by Gasteiger charge is 2.24. The number of aryl methyl sites for hydroxylation is 1. The summed E-state index contributed by atoms with van der Waals surface area (Å²) in [7, 11) is 0. The summed E-state index contributed by atoms with van der Waals surface area (Å²) in [5.74, 6) is -0.00858. The van der Waals surface area contributed by atoms with E-state index in [9.17, 15) is 9.90 Å². The summed E-state index contributed by atoms with van der Waals surface area (Å²) < 4.78 is 2.23. The van der Waals surface area contributed by atoms with Gasteiger partial charge in [0.2, 0.25) is 0 Å². The van der Waals surface area contributed by atoms with E-state index in [2.05, 4.69) is 21.4 Å². The van der Waals surface area contributed by atoms with E-state index in [1.165, 1.54) is 6.42 Å². The fraction of sp³-hybridized carbons (Fsp3) is 0.500. The van der Waals surface area contributed by atoms with Crippen LogP contribution in [0.1, 0.15) is 42.0 Å². The van der Waals surface area contributed by atoms with Crippen LogP contribution in [0.2, 0.25) is 0 Å². The number of carbonyl (C=O) groups is 1. The van der Waals surface area contributed by atoms with Crippen LogP contribution < -0.4 is 0 Å². The third-order valence-electron chi connectivity index (χ3n) is 4.42. The van der Waals surface area contributed by atoms with E-state index >= 15 is 0 Å². The van der Waals surface area contributed by atoms with E-state index in [1.807, 2.05) is 19.1 Å². The lowest BCUT2D eigenvalue weighted by Crippen LogP contribution is -2.36. The second kappa shape index (κ2) is 5.48. The maximum atomic E-state index is 11.4. The number of rotatable bonds is 3. The second-order valence-corrected chi connectivity index (χ2v) is 5.70. The SMILES string of the molecule is CCN1CCCC(n2c(C)nc3c(C(=O)O)cccc32)C1. The van der Waals surface area contributed by atoms with Crippen molar-refractivity contribution in [1.29, 1.82) is 0 Å². The van der Waals surface area contributed by atoms with E-state index in [-0.39, 0.29) is 5.56 Å². The molecule has 21 heavy (non-hydrogen) atoms. The van der Waals surface area contributed by atoms with Gasteiger partial charge in [-0.2, -0.15) is 0 Å². The zero-order chi connectivity index (χ0) is 15.0. The summed E-state index contributed by atoms with van der Waals surface area (Å²) in [5, 5.41) is 9.32. The highest BCUT2D eigenvalue weighted by molar-refractivity contribution is 6.01. The highest BCUT2D eigenvalue weighted by atomic mass is 16.4. The predicted octanol–water partition coefficient (Wildman–Crippen LogP) is 2.70. The van der Waals surface area contributed by atoms with Crippen molar-refractivity contribution < 1.29 is 9.90 Å². The van der Waals surface area contributed by atoms with Gasteiger partial charge in [-0.25, -0.2) is 9.78 Å². The molecule has 1 aromatic heterocycles. The molecular weight excluding hydrogens is 266 g/mol. The molecule has 1 saturated heterocycles. The van der Waals surface area contributed by atoms with Crippen molar-refractivity contribution in [3.63, 3.8) is 0 Å². The summed E-state index contributed by atoms with van der Waals surface area (Å²) in [6.07, 6.45) is 2.30. The summed E-state index contributed by atoms with van der Waals surface area (Å²) >= 11 is 0. The Kier molecular flexibility index (Phi) is 3.68. The Balaban J connectivity index is 2.08. The van der Waals surface area contributed by atoms with E-state index in [0.29, 0.717) is 11.6 Å². The number of likely N-dealkylation sites (N-methyl/N-ethyl adjacent to an activating group) is 1. The standard InChI is InChI=1S/C16H21N3O2/c1-3-18-9-5-6-12(10-18)19-11(2)17-15-13(16(20)21)7-4-8-14(15)19/h4,7-8,12H,3,5-6,9-10H2,1-2H3,(H,20,21). The largest absolute Gasteiger partial charge is 0.478 e. The Morgan fingerprint density at radius 3 is 3.00 bits per heavy atom. The number of para-hydroxylation sites is 1. The maximum Gasteiger partial charge on any atom is 0.337 e. The number of piperidine rings is 1. The number of imidazole rings is 1. The first-order chi connectivity index (χ1) is 10.1. The summed E-state index contributed by atoms with van der Waals surface area (Å²) in [6, 6.07) is 5.80. The Morgan fingerprint density at radius 1 is 1.48 bits per heavy atom. The Bertz CT molecular complexity index is 677. The van der Waals surface area contributed by atoms with Crippen LogP contribution in [0.3, 0.4) is 0 Å². The van der Waals surface area contributed by atoms with Crippen molar-refractivity contribution in [2.45, 2.75) is 32.7 Å². The molecule has 1 unspecified atom stereocenters. The number of hydrogen-bond acceptors (Lipinski definition) is 3. The average molecular weight is 287 g/mol. The monoisotopic (exact) mass is 287 g/mol. The summed E-state index contributed by atoms with van der Waals surface area (Å²) in [6.45, 7) is 7.38. The molecule has 0 saturated carbocycles. The number of aromatic nitrogens is 2. The highest BCUT2D eigenvalue weighted by Crippen LogP contribution is 2.29. The minimum atomic E-state index is -0.913. The third kappa shape index (κ3) is 2.42.